The molecular formula is C12H19ClFN3O4S. The molecule has 0 aromatic heterocycles. The normalized spacial score (nSPS) is 11.0. The van der Waals surface area contributed by atoms with E-state index < -0.39 is 31.3 Å². The average molecular weight is 356 g/mol. The summed E-state index contributed by atoms with van der Waals surface area (Å²) in [7, 11) is -3.98. The smallest absolute Gasteiger partial charge is 0.276 e. The third-order valence-corrected chi connectivity index (χ3v) is 4.26. The topological polar surface area (TPSA) is 101 Å². The largest absolute Gasteiger partial charge is 0.315 e. The minimum atomic E-state index is -3.98. The minimum Gasteiger partial charge on any atom is -0.315 e. The first-order chi connectivity index (χ1) is 9.79. The molecule has 10 heteroatoms. The van der Waals surface area contributed by atoms with Gasteiger partial charge in [-0.25, -0.2) is 17.5 Å². The van der Waals surface area contributed by atoms with Crippen LogP contribution < -0.4 is 10.0 Å². The Balaban J connectivity index is 0.00000441. The molecule has 0 radical (unpaired) electrons. The standard InChI is InChI=1S/C12H18FN3O4S.ClH/c1-3-4-14-5-6-15-21(19,20)10-7-11(13)9(2)12(8-10)16(17)18;/h7-8,14-15H,3-6H2,1-2H3;1H. The van der Waals surface area contributed by atoms with Crippen LogP contribution in [0.4, 0.5) is 10.1 Å². The molecule has 22 heavy (non-hydrogen) atoms. The van der Waals surface area contributed by atoms with Gasteiger partial charge in [-0.05, 0) is 26.0 Å². The number of hydrogen-bond acceptors (Lipinski definition) is 5. The van der Waals surface area contributed by atoms with Gasteiger partial charge in [0.15, 0.2) is 0 Å². The highest BCUT2D eigenvalue weighted by atomic mass is 35.5. The number of sulfonamides is 1. The third kappa shape index (κ3) is 5.48. The molecule has 0 heterocycles. The molecule has 0 unspecified atom stereocenters. The Morgan fingerprint density at radius 2 is 1.91 bits per heavy atom. The molecule has 0 aliphatic heterocycles. The highest BCUT2D eigenvalue weighted by molar-refractivity contribution is 7.89. The van der Waals surface area contributed by atoms with Crippen molar-refractivity contribution in [2.24, 2.45) is 0 Å². The molecule has 0 aliphatic carbocycles. The van der Waals surface area contributed by atoms with Gasteiger partial charge >= 0.3 is 0 Å². The van der Waals surface area contributed by atoms with Crippen molar-refractivity contribution >= 4 is 28.1 Å². The lowest BCUT2D eigenvalue weighted by molar-refractivity contribution is -0.385. The molecule has 0 spiro atoms. The highest BCUT2D eigenvalue weighted by Crippen LogP contribution is 2.25. The van der Waals surface area contributed by atoms with E-state index >= 15 is 0 Å². The predicted octanol–water partition coefficient (Wildman–Crippen LogP) is 1.74. The van der Waals surface area contributed by atoms with Crippen molar-refractivity contribution in [1.29, 1.82) is 0 Å². The number of nitrogens with one attached hydrogen (secondary N) is 2. The number of hydrogen-bond donors (Lipinski definition) is 2. The predicted molar refractivity (Wildman–Crippen MR) is 83.4 cm³/mol. The number of halogens is 2. The van der Waals surface area contributed by atoms with Crippen molar-refractivity contribution in [1.82, 2.24) is 10.0 Å². The Kier molecular flexibility index (Phi) is 8.46. The quantitative estimate of drug-likeness (QED) is 0.420. The van der Waals surface area contributed by atoms with Crippen LogP contribution in [0, 0.1) is 22.9 Å². The zero-order chi connectivity index (χ0) is 16.0. The second-order valence-corrected chi connectivity index (χ2v) is 6.22. The molecule has 0 aliphatic rings. The zero-order valence-electron chi connectivity index (χ0n) is 12.3. The summed E-state index contributed by atoms with van der Waals surface area (Å²) in [6.45, 7) is 4.50. The molecule has 7 nitrogen and oxygen atoms in total. The Morgan fingerprint density at radius 3 is 2.45 bits per heavy atom. The van der Waals surface area contributed by atoms with Crippen LogP contribution in [-0.2, 0) is 10.0 Å². The SMILES string of the molecule is CCCNCCNS(=O)(=O)c1cc(F)c(C)c([N+](=O)[O-])c1.Cl. The van der Waals surface area contributed by atoms with Crippen LogP contribution in [0.15, 0.2) is 17.0 Å². The summed E-state index contributed by atoms with van der Waals surface area (Å²) in [6.07, 6.45) is 0.919. The van der Waals surface area contributed by atoms with Gasteiger partial charge in [-0.1, -0.05) is 6.92 Å². The molecule has 2 N–H and O–H groups in total. The molecule has 1 rings (SSSR count). The molecule has 0 bridgehead atoms. The first kappa shape index (κ1) is 20.7. The maximum Gasteiger partial charge on any atom is 0.276 e. The Morgan fingerprint density at radius 1 is 1.27 bits per heavy atom. The number of nitro benzene ring substituents is 1. The van der Waals surface area contributed by atoms with Gasteiger partial charge < -0.3 is 5.32 Å². The van der Waals surface area contributed by atoms with Crippen LogP contribution in [0.2, 0.25) is 0 Å². The molecular weight excluding hydrogens is 337 g/mol. The van der Waals surface area contributed by atoms with Crippen LogP contribution in [-0.4, -0.2) is 33.0 Å². The van der Waals surface area contributed by atoms with E-state index in [-0.39, 0.29) is 24.5 Å². The fourth-order valence-electron chi connectivity index (χ4n) is 1.64. The summed E-state index contributed by atoms with van der Waals surface area (Å²) < 4.78 is 39.8. The van der Waals surface area contributed by atoms with Crippen molar-refractivity contribution < 1.29 is 17.7 Å². The van der Waals surface area contributed by atoms with Crippen molar-refractivity contribution in [2.75, 3.05) is 19.6 Å². The number of nitro groups is 1. The van der Waals surface area contributed by atoms with Gasteiger partial charge in [0.1, 0.15) is 5.82 Å². The van der Waals surface area contributed by atoms with Crippen LogP contribution in [0.3, 0.4) is 0 Å². The molecule has 0 amide bonds. The first-order valence-corrected chi connectivity index (χ1v) is 7.92. The summed E-state index contributed by atoms with van der Waals surface area (Å²) in [5, 5.41) is 13.8. The summed E-state index contributed by atoms with van der Waals surface area (Å²) in [5.41, 5.74) is -0.747. The van der Waals surface area contributed by atoms with E-state index in [1.165, 1.54) is 6.92 Å². The van der Waals surface area contributed by atoms with Gasteiger partial charge in [0, 0.05) is 19.2 Å². The number of nitrogens with zero attached hydrogens (tertiary/aromatic N) is 1. The summed E-state index contributed by atoms with van der Waals surface area (Å²) in [4.78, 5) is 9.54. The van der Waals surface area contributed by atoms with Crippen molar-refractivity contribution in [3.05, 3.63) is 33.6 Å². The number of rotatable bonds is 8. The fourth-order valence-corrected chi connectivity index (χ4v) is 2.71. The first-order valence-electron chi connectivity index (χ1n) is 6.44. The van der Waals surface area contributed by atoms with E-state index in [9.17, 15) is 22.9 Å². The van der Waals surface area contributed by atoms with Crippen LogP contribution in [0.1, 0.15) is 18.9 Å². The van der Waals surface area contributed by atoms with Gasteiger partial charge in [0.25, 0.3) is 5.69 Å². The van der Waals surface area contributed by atoms with E-state index in [2.05, 4.69) is 10.0 Å². The van der Waals surface area contributed by atoms with Gasteiger partial charge in [0.2, 0.25) is 10.0 Å². The third-order valence-electron chi connectivity index (χ3n) is 2.82. The lowest BCUT2D eigenvalue weighted by Crippen LogP contribution is -2.32. The van der Waals surface area contributed by atoms with Gasteiger partial charge in [-0.2, -0.15) is 0 Å². The van der Waals surface area contributed by atoms with E-state index in [1.54, 1.807) is 0 Å². The highest BCUT2D eigenvalue weighted by Gasteiger charge is 2.22. The van der Waals surface area contributed by atoms with Crippen LogP contribution >= 0.6 is 12.4 Å². The van der Waals surface area contributed by atoms with Gasteiger partial charge in [-0.3, -0.25) is 10.1 Å². The minimum absolute atomic E-state index is 0. The second kappa shape index (κ2) is 8.99. The molecule has 0 fully saturated rings. The zero-order valence-corrected chi connectivity index (χ0v) is 13.9. The molecule has 0 atom stereocenters. The molecule has 126 valence electrons. The Labute approximate surface area is 134 Å². The van der Waals surface area contributed by atoms with Crippen molar-refractivity contribution in [3.63, 3.8) is 0 Å². The second-order valence-electron chi connectivity index (χ2n) is 4.45. The fraction of sp³-hybridized carbons (Fsp3) is 0.500. The molecule has 1 aromatic rings. The van der Waals surface area contributed by atoms with E-state index in [0.29, 0.717) is 6.54 Å². The lowest BCUT2D eigenvalue weighted by atomic mass is 10.2. The van der Waals surface area contributed by atoms with E-state index in [1.807, 2.05) is 6.92 Å². The van der Waals surface area contributed by atoms with E-state index in [0.717, 1.165) is 25.1 Å². The molecule has 0 saturated heterocycles. The Hall–Kier alpha value is -1.29. The number of benzene rings is 1. The maximum atomic E-state index is 13.6. The summed E-state index contributed by atoms with van der Waals surface area (Å²) in [6, 6.07) is 1.64. The summed E-state index contributed by atoms with van der Waals surface area (Å²) in [5.74, 6) is -0.923. The molecule has 0 saturated carbocycles. The van der Waals surface area contributed by atoms with Crippen molar-refractivity contribution in [3.8, 4) is 0 Å². The average Bonchev–Trinajstić information content (AvgIpc) is 2.40. The summed E-state index contributed by atoms with van der Waals surface area (Å²) >= 11 is 0. The van der Waals surface area contributed by atoms with Gasteiger partial charge in [0.05, 0.1) is 15.4 Å². The monoisotopic (exact) mass is 355 g/mol. The van der Waals surface area contributed by atoms with Gasteiger partial charge in [-0.15, -0.1) is 12.4 Å². The maximum absolute atomic E-state index is 13.6. The van der Waals surface area contributed by atoms with E-state index in [4.69, 9.17) is 0 Å². The Bertz CT molecular complexity index is 625. The van der Waals surface area contributed by atoms with Crippen LogP contribution in [0.25, 0.3) is 0 Å². The lowest BCUT2D eigenvalue weighted by Gasteiger charge is -2.08. The molecule has 1 aromatic carbocycles. The van der Waals surface area contributed by atoms with Crippen molar-refractivity contribution in [2.45, 2.75) is 25.2 Å². The van der Waals surface area contributed by atoms with Crippen LogP contribution in [0.5, 0.6) is 0 Å².